The Bertz CT molecular complexity index is 364. The van der Waals surface area contributed by atoms with Gasteiger partial charge in [0, 0.05) is 24.5 Å². The van der Waals surface area contributed by atoms with Crippen molar-refractivity contribution in [3.05, 3.63) is 17.5 Å². The van der Waals surface area contributed by atoms with Gasteiger partial charge in [-0.2, -0.15) is 0 Å². The second-order valence-corrected chi connectivity index (χ2v) is 5.02. The van der Waals surface area contributed by atoms with Crippen molar-refractivity contribution in [1.29, 1.82) is 0 Å². The number of hydrogen-bond donors (Lipinski definition) is 1. The van der Waals surface area contributed by atoms with Gasteiger partial charge in [0.15, 0.2) is 0 Å². The van der Waals surface area contributed by atoms with Gasteiger partial charge in [0.25, 0.3) is 0 Å². The molecule has 1 aromatic rings. The number of aliphatic hydroxyl groups is 1. The van der Waals surface area contributed by atoms with Crippen LogP contribution < -0.4 is 4.90 Å². The second kappa shape index (κ2) is 5.00. The number of aryl methyl sites for hydroxylation is 2. The molecule has 1 N–H and O–H groups in total. The standard InChI is InChI=1S/C13H21N3O/c1-9-8-10(2)15-13(14-9)16-6-4-12(5-7-16)11(3)17/h8,11-12,17H,4-7H2,1-3H3. The van der Waals surface area contributed by atoms with E-state index >= 15 is 0 Å². The van der Waals surface area contributed by atoms with E-state index in [2.05, 4.69) is 14.9 Å². The number of aromatic nitrogens is 2. The SMILES string of the molecule is Cc1cc(C)nc(N2CCC(C(C)O)CC2)n1. The van der Waals surface area contributed by atoms with Gasteiger partial charge in [0.1, 0.15) is 0 Å². The lowest BCUT2D eigenvalue weighted by atomic mass is 9.92. The third-order valence-corrected chi connectivity index (χ3v) is 3.48. The van der Waals surface area contributed by atoms with Crippen molar-refractivity contribution in [3.8, 4) is 0 Å². The fourth-order valence-electron chi connectivity index (χ4n) is 2.43. The van der Waals surface area contributed by atoms with Gasteiger partial charge < -0.3 is 10.0 Å². The Labute approximate surface area is 103 Å². The van der Waals surface area contributed by atoms with Gasteiger partial charge in [-0.3, -0.25) is 0 Å². The van der Waals surface area contributed by atoms with Gasteiger partial charge >= 0.3 is 0 Å². The minimum Gasteiger partial charge on any atom is -0.393 e. The molecule has 94 valence electrons. The van der Waals surface area contributed by atoms with E-state index in [1.54, 1.807) is 0 Å². The van der Waals surface area contributed by atoms with Crippen LogP contribution in [0, 0.1) is 19.8 Å². The summed E-state index contributed by atoms with van der Waals surface area (Å²) in [6.45, 7) is 7.77. The second-order valence-electron chi connectivity index (χ2n) is 5.02. The maximum absolute atomic E-state index is 9.57. The molecular weight excluding hydrogens is 214 g/mol. The van der Waals surface area contributed by atoms with E-state index in [0.717, 1.165) is 43.3 Å². The van der Waals surface area contributed by atoms with Crippen LogP contribution in [0.5, 0.6) is 0 Å². The van der Waals surface area contributed by atoms with Gasteiger partial charge in [-0.25, -0.2) is 9.97 Å². The van der Waals surface area contributed by atoms with Gasteiger partial charge in [0.2, 0.25) is 5.95 Å². The normalized spacial score (nSPS) is 19.4. The van der Waals surface area contributed by atoms with Crippen LogP contribution in [0.4, 0.5) is 5.95 Å². The lowest BCUT2D eigenvalue weighted by molar-refractivity contribution is 0.109. The highest BCUT2D eigenvalue weighted by Crippen LogP contribution is 2.23. The average Bonchev–Trinajstić information content (AvgIpc) is 2.28. The van der Waals surface area contributed by atoms with E-state index < -0.39 is 0 Å². The van der Waals surface area contributed by atoms with Gasteiger partial charge in [-0.05, 0) is 45.6 Å². The molecule has 2 heterocycles. The molecule has 0 spiro atoms. The van der Waals surface area contributed by atoms with Crippen molar-refractivity contribution in [1.82, 2.24) is 9.97 Å². The first kappa shape index (κ1) is 12.3. The molecule has 1 aromatic heterocycles. The number of aliphatic hydroxyl groups excluding tert-OH is 1. The van der Waals surface area contributed by atoms with Crippen LogP contribution >= 0.6 is 0 Å². The molecule has 0 aromatic carbocycles. The molecule has 0 radical (unpaired) electrons. The lowest BCUT2D eigenvalue weighted by Gasteiger charge is -2.33. The van der Waals surface area contributed by atoms with Crippen LogP contribution in [0.25, 0.3) is 0 Å². The van der Waals surface area contributed by atoms with Crippen molar-refractivity contribution in [2.75, 3.05) is 18.0 Å². The molecule has 1 aliphatic heterocycles. The fraction of sp³-hybridized carbons (Fsp3) is 0.692. The first-order valence-electron chi connectivity index (χ1n) is 6.31. The molecule has 4 nitrogen and oxygen atoms in total. The van der Waals surface area contributed by atoms with Crippen LogP contribution in [-0.2, 0) is 0 Å². The zero-order chi connectivity index (χ0) is 12.4. The highest BCUT2D eigenvalue weighted by atomic mass is 16.3. The molecule has 1 unspecified atom stereocenters. The molecule has 17 heavy (non-hydrogen) atoms. The zero-order valence-electron chi connectivity index (χ0n) is 10.8. The van der Waals surface area contributed by atoms with E-state index in [0.29, 0.717) is 5.92 Å². The van der Waals surface area contributed by atoms with Crippen molar-refractivity contribution >= 4 is 5.95 Å². The van der Waals surface area contributed by atoms with Crippen LogP contribution in [0.3, 0.4) is 0 Å². The van der Waals surface area contributed by atoms with E-state index in [9.17, 15) is 5.11 Å². The van der Waals surface area contributed by atoms with Crippen LogP contribution in [0.2, 0.25) is 0 Å². The van der Waals surface area contributed by atoms with E-state index in [4.69, 9.17) is 0 Å². The van der Waals surface area contributed by atoms with E-state index in [1.807, 2.05) is 26.8 Å². The predicted molar refractivity (Wildman–Crippen MR) is 68.1 cm³/mol. The highest BCUT2D eigenvalue weighted by molar-refractivity contribution is 5.32. The Kier molecular flexibility index (Phi) is 3.62. The minimum absolute atomic E-state index is 0.197. The Morgan fingerprint density at radius 1 is 1.24 bits per heavy atom. The summed E-state index contributed by atoms with van der Waals surface area (Å²) in [5.41, 5.74) is 2.04. The molecule has 1 fully saturated rings. The first-order chi connectivity index (χ1) is 8.06. The summed E-state index contributed by atoms with van der Waals surface area (Å²) in [5.74, 6) is 1.27. The average molecular weight is 235 g/mol. The maximum Gasteiger partial charge on any atom is 0.225 e. The number of anilines is 1. The van der Waals surface area contributed by atoms with Gasteiger partial charge in [-0.15, -0.1) is 0 Å². The molecule has 1 saturated heterocycles. The monoisotopic (exact) mass is 235 g/mol. The molecule has 2 rings (SSSR count). The van der Waals surface area contributed by atoms with Crippen molar-refractivity contribution in [2.45, 2.75) is 39.7 Å². The molecule has 1 atom stereocenters. The van der Waals surface area contributed by atoms with Crippen molar-refractivity contribution in [2.24, 2.45) is 5.92 Å². The lowest BCUT2D eigenvalue weighted by Crippen LogP contribution is -2.38. The van der Waals surface area contributed by atoms with Gasteiger partial charge in [0.05, 0.1) is 6.10 Å². The molecular formula is C13H21N3O. The fourth-order valence-corrected chi connectivity index (χ4v) is 2.43. The topological polar surface area (TPSA) is 49.2 Å². The van der Waals surface area contributed by atoms with Gasteiger partial charge in [-0.1, -0.05) is 0 Å². The zero-order valence-corrected chi connectivity index (χ0v) is 10.8. The number of piperidine rings is 1. The Hall–Kier alpha value is -1.16. The summed E-state index contributed by atoms with van der Waals surface area (Å²) < 4.78 is 0. The summed E-state index contributed by atoms with van der Waals surface area (Å²) >= 11 is 0. The third-order valence-electron chi connectivity index (χ3n) is 3.48. The summed E-state index contributed by atoms with van der Waals surface area (Å²) in [6, 6.07) is 1.99. The van der Waals surface area contributed by atoms with Crippen LogP contribution in [0.1, 0.15) is 31.2 Å². The quantitative estimate of drug-likeness (QED) is 0.847. The molecule has 0 saturated carbocycles. The van der Waals surface area contributed by atoms with Crippen molar-refractivity contribution < 1.29 is 5.11 Å². The summed E-state index contributed by atoms with van der Waals surface area (Å²) in [6.07, 6.45) is 1.85. The smallest absolute Gasteiger partial charge is 0.225 e. The molecule has 0 bridgehead atoms. The molecule has 0 amide bonds. The van der Waals surface area contributed by atoms with Crippen LogP contribution in [0.15, 0.2) is 6.07 Å². The molecule has 0 aliphatic carbocycles. The Balaban J connectivity index is 2.05. The number of hydrogen-bond acceptors (Lipinski definition) is 4. The summed E-state index contributed by atoms with van der Waals surface area (Å²) in [5, 5.41) is 9.57. The predicted octanol–water partition coefficient (Wildman–Crippen LogP) is 1.69. The Morgan fingerprint density at radius 3 is 2.24 bits per heavy atom. The summed E-state index contributed by atoms with van der Waals surface area (Å²) in [7, 11) is 0. The van der Waals surface area contributed by atoms with Crippen molar-refractivity contribution in [3.63, 3.8) is 0 Å². The molecule has 4 heteroatoms. The number of nitrogens with zero attached hydrogens (tertiary/aromatic N) is 3. The first-order valence-corrected chi connectivity index (χ1v) is 6.31. The number of rotatable bonds is 2. The van der Waals surface area contributed by atoms with E-state index in [-0.39, 0.29) is 6.10 Å². The maximum atomic E-state index is 9.57. The largest absolute Gasteiger partial charge is 0.393 e. The molecule has 1 aliphatic rings. The minimum atomic E-state index is -0.197. The van der Waals surface area contributed by atoms with Crippen LogP contribution in [-0.4, -0.2) is 34.3 Å². The highest BCUT2D eigenvalue weighted by Gasteiger charge is 2.24. The summed E-state index contributed by atoms with van der Waals surface area (Å²) in [4.78, 5) is 11.2. The Morgan fingerprint density at radius 2 is 1.76 bits per heavy atom. The third kappa shape index (κ3) is 2.94. The van der Waals surface area contributed by atoms with E-state index in [1.165, 1.54) is 0 Å².